The minimum absolute atomic E-state index is 0.0601. The van der Waals surface area contributed by atoms with Gasteiger partial charge in [0.1, 0.15) is 23.7 Å². The molecule has 3 heterocycles. The van der Waals surface area contributed by atoms with Gasteiger partial charge in [0, 0.05) is 17.6 Å². The predicted octanol–water partition coefficient (Wildman–Crippen LogP) is 2.84. The summed E-state index contributed by atoms with van der Waals surface area (Å²) in [6, 6.07) is 9.05. The summed E-state index contributed by atoms with van der Waals surface area (Å²) in [6.07, 6.45) is 4.67. The highest BCUT2D eigenvalue weighted by Gasteiger charge is 2.17. The Morgan fingerprint density at radius 1 is 1.29 bits per heavy atom. The summed E-state index contributed by atoms with van der Waals surface area (Å²) in [7, 11) is 1.60. The quantitative estimate of drug-likeness (QED) is 0.537. The third-order valence-electron chi connectivity index (χ3n) is 3.68. The van der Waals surface area contributed by atoms with E-state index in [9.17, 15) is 4.79 Å². The van der Waals surface area contributed by atoms with Gasteiger partial charge in [0.15, 0.2) is 5.65 Å². The van der Waals surface area contributed by atoms with Gasteiger partial charge < -0.3 is 13.9 Å². The number of esters is 1. The molecule has 0 bridgehead atoms. The second-order valence-electron chi connectivity index (χ2n) is 5.13. The third kappa shape index (κ3) is 2.36. The fourth-order valence-corrected chi connectivity index (χ4v) is 2.47. The summed E-state index contributed by atoms with van der Waals surface area (Å²) in [6.45, 7) is 0.0601. The van der Waals surface area contributed by atoms with Crippen molar-refractivity contribution in [1.29, 1.82) is 0 Å². The molecule has 1 aromatic carbocycles. The maximum absolute atomic E-state index is 12.3. The van der Waals surface area contributed by atoms with E-state index in [2.05, 4.69) is 10.1 Å². The number of benzene rings is 1. The fraction of sp³-hybridized carbons (Fsp3) is 0.118. The van der Waals surface area contributed by atoms with Crippen molar-refractivity contribution in [3.8, 4) is 5.75 Å². The van der Waals surface area contributed by atoms with Crippen LogP contribution in [0, 0.1) is 0 Å². The van der Waals surface area contributed by atoms with Gasteiger partial charge >= 0.3 is 5.97 Å². The van der Waals surface area contributed by atoms with E-state index in [4.69, 9.17) is 13.9 Å². The largest absolute Gasteiger partial charge is 0.497 e. The van der Waals surface area contributed by atoms with Gasteiger partial charge in [-0.3, -0.25) is 0 Å². The molecule has 0 aliphatic carbocycles. The maximum Gasteiger partial charge on any atom is 0.344 e. The van der Waals surface area contributed by atoms with Gasteiger partial charge in [-0.25, -0.2) is 14.3 Å². The molecule has 4 aromatic rings. The predicted molar refractivity (Wildman–Crippen MR) is 84.9 cm³/mol. The Hall–Kier alpha value is -3.35. The van der Waals surface area contributed by atoms with Gasteiger partial charge in [-0.2, -0.15) is 5.10 Å². The molecule has 0 atom stereocenters. The van der Waals surface area contributed by atoms with Crippen molar-refractivity contribution < 1.29 is 18.7 Å². The van der Waals surface area contributed by atoms with E-state index in [0.29, 0.717) is 22.7 Å². The van der Waals surface area contributed by atoms with Gasteiger partial charge in [-0.05, 0) is 24.3 Å². The number of hydrogen-bond donors (Lipinski definition) is 0. The number of carbonyl (C=O) groups excluding carboxylic acids is 1. The van der Waals surface area contributed by atoms with E-state index < -0.39 is 5.97 Å². The number of ether oxygens (including phenoxy) is 2. The van der Waals surface area contributed by atoms with Crippen LogP contribution in [-0.4, -0.2) is 27.7 Å². The van der Waals surface area contributed by atoms with E-state index in [-0.39, 0.29) is 6.61 Å². The lowest BCUT2D eigenvalue weighted by Gasteiger charge is -2.05. The molecule has 24 heavy (non-hydrogen) atoms. The van der Waals surface area contributed by atoms with Crippen molar-refractivity contribution in [1.82, 2.24) is 14.6 Å². The summed E-state index contributed by atoms with van der Waals surface area (Å²) in [4.78, 5) is 16.6. The minimum atomic E-state index is -0.504. The van der Waals surface area contributed by atoms with Crippen LogP contribution >= 0.6 is 0 Å². The van der Waals surface area contributed by atoms with Gasteiger partial charge in [-0.1, -0.05) is 0 Å². The SMILES string of the molecule is COc1ccc2cnc3c(C(=O)OCc4ccco4)cnn3c2c1. The minimum Gasteiger partial charge on any atom is -0.497 e. The molecule has 0 amide bonds. The van der Waals surface area contributed by atoms with Crippen LogP contribution in [0.5, 0.6) is 5.75 Å². The molecule has 4 rings (SSSR count). The van der Waals surface area contributed by atoms with Crippen LogP contribution in [0.1, 0.15) is 16.1 Å². The molecule has 0 aliphatic rings. The summed E-state index contributed by atoms with van der Waals surface area (Å²) in [5.74, 6) is 0.770. The smallest absolute Gasteiger partial charge is 0.344 e. The summed E-state index contributed by atoms with van der Waals surface area (Å²) in [5, 5.41) is 5.15. The molecular weight excluding hydrogens is 310 g/mol. The van der Waals surface area contributed by atoms with Gasteiger partial charge in [0.2, 0.25) is 0 Å². The molecule has 0 unspecified atom stereocenters. The van der Waals surface area contributed by atoms with Crippen LogP contribution in [-0.2, 0) is 11.3 Å². The van der Waals surface area contributed by atoms with Gasteiger partial charge in [0.05, 0.1) is 25.1 Å². The van der Waals surface area contributed by atoms with Crippen LogP contribution in [0.25, 0.3) is 16.6 Å². The van der Waals surface area contributed by atoms with Gasteiger partial charge in [0.25, 0.3) is 0 Å². The lowest BCUT2D eigenvalue weighted by molar-refractivity contribution is 0.0447. The normalized spacial score (nSPS) is 11.0. The van der Waals surface area contributed by atoms with Crippen LogP contribution in [0.15, 0.2) is 53.4 Å². The standard InChI is InChI=1S/C17H13N3O4/c1-22-12-5-4-11-8-18-16-14(9-19-20(16)15(11)7-12)17(21)24-10-13-3-2-6-23-13/h2-9H,10H2,1H3. The average Bonchev–Trinajstić information content (AvgIpc) is 3.28. The maximum atomic E-state index is 12.3. The Morgan fingerprint density at radius 3 is 3.00 bits per heavy atom. The first-order valence-corrected chi connectivity index (χ1v) is 7.26. The highest BCUT2D eigenvalue weighted by atomic mass is 16.5. The summed E-state index contributed by atoms with van der Waals surface area (Å²) < 4.78 is 17.2. The van der Waals surface area contributed by atoms with Gasteiger partial charge in [-0.15, -0.1) is 0 Å². The molecule has 0 saturated carbocycles. The van der Waals surface area contributed by atoms with Crippen molar-refractivity contribution in [2.45, 2.75) is 6.61 Å². The van der Waals surface area contributed by atoms with Crippen molar-refractivity contribution in [3.05, 3.63) is 60.3 Å². The van der Waals surface area contributed by atoms with E-state index >= 15 is 0 Å². The average molecular weight is 323 g/mol. The van der Waals surface area contributed by atoms with Crippen LogP contribution in [0.2, 0.25) is 0 Å². The fourth-order valence-electron chi connectivity index (χ4n) is 2.47. The zero-order chi connectivity index (χ0) is 16.5. The Morgan fingerprint density at radius 2 is 2.21 bits per heavy atom. The lowest BCUT2D eigenvalue weighted by atomic mass is 10.2. The van der Waals surface area contributed by atoms with E-state index in [0.717, 1.165) is 10.9 Å². The van der Waals surface area contributed by atoms with Crippen molar-refractivity contribution in [2.24, 2.45) is 0 Å². The molecule has 0 aliphatic heterocycles. The number of rotatable bonds is 4. The zero-order valence-electron chi connectivity index (χ0n) is 12.8. The molecule has 0 N–H and O–H groups in total. The Labute approximate surface area is 136 Å². The molecule has 3 aromatic heterocycles. The molecular formula is C17H13N3O4. The first-order valence-electron chi connectivity index (χ1n) is 7.26. The molecule has 0 saturated heterocycles. The van der Waals surface area contributed by atoms with Crippen molar-refractivity contribution in [2.75, 3.05) is 7.11 Å². The molecule has 7 nitrogen and oxygen atoms in total. The van der Waals surface area contributed by atoms with Crippen LogP contribution in [0.3, 0.4) is 0 Å². The zero-order valence-corrected chi connectivity index (χ0v) is 12.8. The first-order chi connectivity index (χ1) is 11.8. The number of carbonyl (C=O) groups is 1. The number of furan rings is 1. The summed E-state index contributed by atoms with van der Waals surface area (Å²) >= 11 is 0. The Kier molecular flexibility index (Phi) is 3.38. The Balaban J connectivity index is 1.71. The van der Waals surface area contributed by atoms with E-state index in [1.54, 1.807) is 30.0 Å². The molecule has 0 radical (unpaired) electrons. The second kappa shape index (κ2) is 5.69. The molecule has 7 heteroatoms. The highest BCUT2D eigenvalue weighted by Crippen LogP contribution is 2.22. The highest BCUT2D eigenvalue weighted by molar-refractivity contribution is 5.97. The topological polar surface area (TPSA) is 78.9 Å². The van der Waals surface area contributed by atoms with Crippen molar-refractivity contribution in [3.63, 3.8) is 0 Å². The monoisotopic (exact) mass is 323 g/mol. The first kappa shape index (κ1) is 14.3. The lowest BCUT2D eigenvalue weighted by Crippen LogP contribution is -2.05. The molecule has 0 fully saturated rings. The van der Waals surface area contributed by atoms with Crippen LogP contribution in [0.4, 0.5) is 0 Å². The van der Waals surface area contributed by atoms with E-state index in [1.165, 1.54) is 12.5 Å². The summed E-state index contributed by atoms with van der Waals surface area (Å²) in [5.41, 5.74) is 1.52. The van der Waals surface area contributed by atoms with Crippen LogP contribution < -0.4 is 4.74 Å². The number of hydrogen-bond acceptors (Lipinski definition) is 6. The molecule has 120 valence electrons. The third-order valence-corrected chi connectivity index (χ3v) is 3.68. The van der Waals surface area contributed by atoms with Crippen molar-refractivity contribution >= 4 is 22.5 Å². The number of methoxy groups -OCH3 is 1. The number of nitrogens with zero attached hydrogens (tertiary/aromatic N) is 3. The molecule has 0 spiro atoms. The van der Waals surface area contributed by atoms with E-state index in [1.807, 2.05) is 18.2 Å². The Bertz CT molecular complexity index is 1020. The number of aromatic nitrogens is 3. The number of fused-ring (bicyclic) bond motifs is 3. The second-order valence-corrected chi connectivity index (χ2v) is 5.13.